The van der Waals surface area contributed by atoms with Gasteiger partial charge in [0.05, 0.1) is 11.1 Å². The molecule has 2 heterocycles. The maximum Gasteiger partial charge on any atom is 0.273 e. The zero-order valence-corrected chi connectivity index (χ0v) is 13.2. The van der Waals surface area contributed by atoms with E-state index in [0.717, 1.165) is 28.7 Å². The number of anilines is 2. The highest BCUT2D eigenvalue weighted by molar-refractivity contribution is 7.17. The maximum atomic E-state index is 11.8. The molecule has 0 unspecified atom stereocenters. The Hall–Kier alpha value is -2.15. The first-order valence-electron chi connectivity index (χ1n) is 6.79. The molecule has 21 heavy (non-hydrogen) atoms. The van der Waals surface area contributed by atoms with Gasteiger partial charge in [0.1, 0.15) is 5.82 Å². The molecule has 0 aromatic carbocycles. The lowest BCUT2D eigenvalue weighted by atomic mass is 10.3. The van der Waals surface area contributed by atoms with E-state index in [-0.39, 0.29) is 5.56 Å². The number of nitrogen functional groups attached to an aromatic ring is 1. The summed E-state index contributed by atoms with van der Waals surface area (Å²) in [5, 5.41) is 5.10. The molecule has 7 heteroatoms. The second kappa shape index (κ2) is 6.53. The number of nitrogens with zero attached hydrogens (tertiary/aromatic N) is 4. The Morgan fingerprint density at radius 2 is 2.14 bits per heavy atom. The Balaban J connectivity index is 2.25. The third kappa shape index (κ3) is 3.49. The van der Waals surface area contributed by atoms with E-state index in [1.165, 1.54) is 22.1 Å². The van der Waals surface area contributed by atoms with Crippen LogP contribution >= 0.6 is 11.3 Å². The molecule has 0 saturated heterocycles. The van der Waals surface area contributed by atoms with Crippen molar-refractivity contribution in [2.45, 2.75) is 20.8 Å². The van der Waals surface area contributed by atoms with Crippen molar-refractivity contribution in [1.29, 1.82) is 0 Å². The van der Waals surface area contributed by atoms with Crippen molar-refractivity contribution < 1.29 is 0 Å². The van der Waals surface area contributed by atoms with Crippen molar-refractivity contribution in [1.82, 2.24) is 9.66 Å². The predicted molar refractivity (Wildman–Crippen MR) is 88.5 cm³/mol. The van der Waals surface area contributed by atoms with Crippen LogP contribution in [0.2, 0.25) is 0 Å². The molecule has 0 aliphatic carbocycles. The van der Waals surface area contributed by atoms with Crippen molar-refractivity contribution in [2.75, 3.05) is 23.7 Å². The average molecular weight is 305 g/mol. The van der Waals surface area contributed by atoms with E-state index in [4.69, 9.17) is 5.73 Å². The van der Waals surface area contributed by atoms with Gasteiger partial charge in [-0.3, -0.25) is 4.79 Å². The number of hydrogen-bond donors (Lipinski definition) is 1. The van der Waals surface area contributed by atoms with Crippen LogP contribution in [0.25, 0.3) is 0 Å². The molecule has 6 nitrogen and oxygen atoms in total. The minimum atomic E-state index is -0.239. The fraction of sp³-hybridized carbons (Fsp3) is 0.357. The molecule has 0 aliphatic heterocycles. The van der Waals surface area contributed by atoms with Gasteiger partial charge in [-0.25, -0.2) is 4.98 Å². The second-order valence-corrected chi connectivity index (χ2v) is 5.61. The van der Waals surface area contributed by atoms with Gasteiger partial charge in [0.25, 0.3) is 5.56 Å². The Labute approximate surface area is 127 Å². The standard InChI is InChI=1S/C14H19N5OS/c1-4-18(5-2)14-16-8-11(21-14)9-17-19-12(15)6-10(3)7-13(19)20/h6-9H,4-5,15H2,1-3H3/b17-9-. The van der Waals surface area contributed by atoms with Gasteiger partial charge in [0.15, 0.2) is 5.13 Å². The largest absolute Gasteiger partial charge is 0.384 e. The molecule has 0 aliphatic rings. The summed E-state index contributed by atoms with van der Waals surface area (Å²) in [7, 11) is 0. The van der Waals surface area contributed by atoms with Gasteiger partial charge in [-0.2, -0.15) is 9.78 Å². The van der Waals surface area contributed by atoms with E-state index in [2.05, 4.69) is 28.8 Å². The lowest BCUT2D eigenvalue weighted by molar-refractivity contribution is 0.843. The summed E-state index contributed by atoms with van der Waals surface area (Å²) in [5.74, 6) is 0.324. The zero-order valence-electron chi connectivity index (χ0n) is 12.4. The van der Waals surface area contributed by atoms with Gasteiger partial charge in [-0.1, -0.05) is 11.3 Å². The molecule has 0 spiro atoms. The van der Waals surface area contributed by atoms with Crippen molar-refractivity contribution in [3.63, 3.8) is 0 Å². The maximum absolute atomic E-state index is 11.8. The molecule has 0 bridgehead atoms. The van der Waals surface area contributed by atoms with Gasteiger partial charge in [-0.15, -0.1) is 0 Å². The van der Waals surface area contributed by atoms with Crippen LogP contribution in [-0.4, -0.2) is 29.0 Å². The number of rotatable bonds is 5. The van der Waals surface area contributed by atoms with Crippen LogP contribution in [0.3, 0.4) is 0 Å². The van der Waals surface area contributed by atoms with E-state index in [1.54, 1.807) is 18.5 Å². The highest BCUT2D eigenvalue weighted by Gasteiger charge is 2.06. The Morgan fingerprint density at radius 3 is 2.76 bits per heavy atom. The second-order valence-electron chi connectivity index (χ2n) is 4.57. The zero-order chi connectivity index (χ0) is 15.4. The first kappa shape index (κ1) is 15.2. The summed E-state index contributed by atoms with van der Waals surface area (Å²) >= 11 is 1.53. The monoisotopic (exact) mass is 305 g/mol. The third-order valence-electron chi connectivity index (χ3n) is 3.03. The highest BCUT2D eigenvalue weighted by Crippen LogP contribution is 2.20. The number of hydrogen-bond acceptors (Lipinski definition) is 6. The molecule has 0 saturated carbocycles. The fourth-order valence-corrected chi connectivity index (χ4v) is 2.84. The van der Waals surface area contributed by atoms with Crippen molar-refractivity contribution in [2.24, 2.45) is 5.10 Å². The van der Waals surface area contributed by atoms with E-state index < -0.39 is 0 Å². The van der Waals surface area contributed by atoms with Crippen molar-refractivity contribution in [3.05, 3.63) is 39.1 Å². The lowest BCUT2D eigenvalue weighted by Crippen LogP contribution is -2.21. The van der Waals surface area contributed by atoms with Gasteiger partial charge < -0.3 is 10.6 Å². The lowest BCUT2D eigenvalue weighted by Gasteiger charge is -2.16. The minimum absolute atomic E-state index is 0.239. The number of pyridine rings is 1. The first-order chi connectivity index (χ1) is 10.0. The van der Waals surface area contributed by atoms with Crippen LogP contribution in [-0.2, 0) is 0 Å². The normalized spacial score (nSPS) is 11.2. The van der Waals surface area contributed by atoms with E-state index >= 15 is 0 Å². The van der Waals surface area contributed by atoms with E-state index in [9.17, 15) is 4.79 Å². The fourth-order valence-electron chi connectivity index (χ4n) is 1.93. The summed E-state index contributed by atoms with van der Waals surface area (Å²) in [6.45, 7) is 7.82. The molecule has 2 N–H and O–H groups in total. The van der Waals surface area contributed by atoms with Crippen molar-refractivity contribution in [3.8, 4) is 0 Å². The smallest absolute Gasteiger partial charge is 0.273 e. The molecule has 2 aromatic rings. The van der Waals surface area contributed by atoms with Gasteiger partial charge in [0, 0.05) is 25.4 Å². The van der Waals surface area contributed by atoms with Gasteiger partial charge in [0.2, 0.25) is 0 Å². The topological polar surface area (TPSA) is 76.5 Å². The minimum Gasteiger partial charge on any atom is -0.384 e. The van der Waals surface area contributed by atoms with Crippen LogP contribution in [0, 0.1) is 6.92 Å². The SMILES string of the molecule is CCN(CC)c1ncc(/C=N\n2c(N)cc(C)cc2=O)s1. The van der Waals surface area contributed by atoms with Crippen LogP contribution in [0.4, 0.5) is 10.9 Å². The quantitative estimate of drug-likeness (QED) is 0.856. The predicted octanol–water partition coefficient (Wildman–Crippen LogP) is 1.92. The van der Waals surface area contributed by atoms with Crippen LogP contribution < -0.4 is 16.2 Å². The van der Waals surface area contributed by atoms with Crippen LogP contribution in [0.5, 0.6) is 0 Å². The number of nitrogens with two attached hydrogens (primary N) is 1. The molecule has 112 valence electrons. The summed E-state index contributed by atoms with van der Waals surface area (Å²) in [6, 6.07) is 3.22. The summed E-state index contributed by atoms with van der Waals surface area (Å²) in [6.07, 6.45) is 3.36. The number of thiazole rings is 1. The molecule has 2 aromatic heterocycles. The van der Waals surface area contributed by atoms with E-state index in [1.807, 2.05) is 6.92 Å². The van der Waals surface area contributed by atoms with Crippen LogP contribution in [0.15, 0.2) is 28.2 Å². The summed E-state index contributed by atoms with van der Waals surface area (Å²) in [4.78, 5) is 19.2. The molecular weight excluding hydrogens is 286 g/mol. The van der Waals surface area contributed by atoms with Crippen LogP contribution in [0.1, 0.15) is 24.3 Å². The van der Waals surface area contributed by atoms with Crippen molar-refractivity contribution >= 4 is 28.5 Å². The van der Waals surface area contributed by atoms with E-state index in [0.29, 0.717) is 5.82 Å². The molecular formula is C14H19N5OS. The Bertz CT molecular complexity index is 700. The Kier molecular flexibility index (Phi) is 4.74. The third-order valence-corrected chi connectivity index (χ3v) is 4.02. The Morgan fingerprint density at radius 1 is 1.43 bits per heavy atom. The number of aromatic nitrogens is 2. The molecule has 2 rings (SSSR count). The molecule has 0 fully saturated rings. The average Bonchev–Trinajstić information content (AvgIpc) is 2.87. The number of aryl methyl sites for hydroxylation is 1. The molecule has 0 amide bonds. The first-order valence-corrected chi connectivity index (χ1v) is 7.61. The molecule has 0 radical (unpaired) electrons. The summed E-state index contributed by atoms with van der Waals surface area (Å²) in [5.41, 5.74) is 6.40. The summed E-state index contributed by atoms with van der Waals surface area (Å²) < 4.78 is 1.18. The highest BCUT2D eigenvalue weighted by atomic mass is 32.1. The van der Waals surface area contributed by atoms with Gasteiger partial charge >= 0.3 is 0 Å². The van der Waals surface area contributed by atoms with Gasteiger partial charge in [-0.05, 0) is 32.4 Å². The molecule has 0 atom stereocenters.